The molecule has 1 aliphatic rings. The molecule has 0 N–H and O–H groups in total. The van der Waals surface area contributed by atoms with Crippen LogP contribution in [-0.2, 0) is 0 Å². The van der Waals surface area contributed by atoms with Crippen LogP contribution in [0.4, 0.5) is 0 Å². The average Bonchev–Trinajstić information content (AvgIpc) is 3.77. The van der Waals surface area contributed by atoms with Gasteiger partial charge >= 0.3 is 0 Å². The molecule has 11 rings (SSSR count). The van der Waals surface area contributed by atoms with Crippen LogP contribution in [0.15, 0.2) is 182 Å². The fraction of sp³-hybridized carbons (Fsp3) is 0.0400. The van der Waals surface area contributed by atoms with Crippen LogP contribution < -0.4 is 4.74 Å². The predicted molar refractivity (Wildman–Crippen MR) is 221 cm³/mol. The number of thiophene rings is 1. The summed E-state index contributed by atoms with van der Waals surface area (Å²) in [4.78, 5) is 0. The van der Waals surface area contributed by atoms with Crippen molar-refractivity contribution in [3.05, 3.63) is 199 Å². The Morgan fingerprint density at radius 3 is 1.73 bits per heavy atom. The molecule has 0 spiro atoms. The van der Waals surface area contributed by atoms with Gasteiger partial charge in [0.25, 0.3) is 0 Å². The lowest BCUT2D eigenvalue weighted by Crippen LogP contribution is -2.11. The van der Waals surface area contributed by atoms with Crippen molar-refractivity contribution in [2.24, 2.45) is 0 Å². The van der Waals surface area contributed by atoms with E-state index >= 15 is 0 Å². The van der Waals surface area contributed by atoms with Gasteiger partial charge in [0.2, 0.25) is 0 Å². The normalized spacial score (nSPS) is 15.5. The Labute approximate surface area is 306 Å². The first-order valence-electron chi connectivity index (χ1n) is 18.0. The van der Waals surface area contributed by atoms with E-state index in [0.717, 1.165) is 5.75 Å². The van der Waals surface area contributed by atoms with Crippen molar-refractivity contribution in [2.45, 2.75) is 12.0 Å². The number of fused-ring (bicyclic) bond motifs is 7. The molecule has 2 atom stereocenters. The molecule has 0 bridgehead atoms. The van der Waals surface area contributed by atoms with Gasteiger partial charge in [-0.1, -0.05) is 164 Å². The number of hydrogen-bond acceptors (Lipinski definition) is 2. The summed E-state index contributed by atoms with van der Waals surface area (Å²) in [6.07, 6.45) is -0.0734. The number of benzene rings is 9. The largest absolute Gasteiger partial charge is 0.484 e. The van der Waals surface area contributed by atoms with Gasteiger partial charge in [-0.05, 0) is 78.3 Å². The molecule has 0 aliphatic carbocycles. The van der Waals surface area contributed by atoms with Gasteiger partial charge in [-0.2, -0.15) is 0 Å². The van der Waals surface area contributed by atoms with Crippen molar-refractivity contribution in [2.75, 3.05) is 0 Å². The molecule has 0 amide bonds. The Balaban J connectivity index is 1.14. The second-order valence-corrected chi connectivity index (χ2v) is 15.0. The molecular weight excluding hydrogens is 649 g/mol. The smallest absolute Gasteiger partial charge is 0.135 e. The Morgan fingerprint density at radius 1 is 0.423 bits per heavy atom. The summed E-state index contributed by atoms with van der Waals surface area (Å²) in [7, 11) is 0. The van der Waals surface area contributed by atoms with E-state index in [1.54, 1.807) is 0 Å². The minimum Gasteiger partial charge on any atom is -0.484 e. The third kappa shape index (κ3) is 4.48. The van der Waals surface area contributed by atoms with E-state index in [-0.39, 0.29) is 12.0 Å². The predicted octanol–water partition coefficient (Wildman–Crippen LogP) is 14.1. The molecule has 9 aromatic carbocycles. The Kier molecular flexibility index (Phi) is 6.62. The van der Waals surface area contributed by atoms with E-state index < -0.39 is 0 Å². The van der Waals surface area contributed by atoms with Crippen molar-refractivity contribution in [1.29, 1.82) is 0 Å². The first kappa shape index (κ1) is 29.5. The van der Waals surface area contributed by atoms with Gasteiger partial charge in [0.1, 0.15) is 11.9 Å². The first-order valence-corrected chi connectivity index (χ1v) is 18.8. The summed E-state index contributed by atoms with van der Waals surface area (Å²) in [5, 5.41) is 10.2. The topological polar surface area (TPSA) is 9.23 Å². The van der Waals surface area contributed by atoms with Crippen LogP contribution in [0.5, 0.6) is 5.75 Å². The molecule has 2 heterocycles. The fourth-order valence-electron chi connectivity index (χ4n) is 8.74. The van der Waals surface area contributed by atoms with Crippen LogP contribution in [0.1, 0.15) is 28.7 Å². The zero-order valence-electron chi connectivity index (χ0n) is 28.3. The second-order valence-electron chi connectivity index (χ2n) is 13.9. The van der Waals surface area contributed by atoms with E-state index in [0.29, 0.717) is 0 Å². The van der Waals surface area contributed by atoms with Crippen molar-refractivity contribution in [1.82, 2.24) is 0 Å². The van der Waals surface area contributed by atoms with Crippen LogP contribution in [0.2, 0.25) is 0 Å². The summed E-state index contributed by atoms with van der Waals surface area (Å²) in [5.41, 5.74) is 8.84. The lowest BCUT2D eigenvalue weighted by Gasteiger charge is -2.20. The highest BCUT2D eigenvalue weighted by Crippen LogP contribution is 2.54. The van der Waals surface area contributed by atoms with Gasteiger partial charge in [0, 0.05) is 31.3 Å². The molecule has 1 aromatic heterocycles. The van der Waals surface area contributed by atoms with E-state index in [2.05, 4.69) is 182 Å². The van der Waals surface area contributed by atoms with Crippen LogP contribution in [0.3, 0.4) is 0 Å². The molecule has 0 saturated carbocycles. The molecule has 0 radical (unpaired) electrons. The average molecular weight is 681 g/mol. The van der Waals surface area contributed by atoms with E-state index in [4.69, 9.17) is 4.74 Å². The molecule has 10 aromatic rings. The first-order chi connectivity index (χ1) is 25.8. The molecule has 244 valence electrons. The quantitative estimate of drug-likeness (QED) is 0.168. The zero-order chi connectivity index (χ0) is 34.2. The fourth-order valence-corrected chi connectivity index (χ4v) is 9.98. The SMILES string of the molecule is c1ccc(C2Oc3cc4sc5c(-c6c7ccccc7c(-c7ccc8ccccc8c7)c7ccccc67)cccc5c4cc3C2c2ccccc2)cc1. The van der Waals surface area contributed by atoms with E-state index in [9.17, 15) is 0 Å². The molecule has 52 heavy (non-hydrogen) atoms. The van der Waals surface area contributed by atoms with Crippen LogP contribution in [-0.4, -0.2) is 0 Å². The summed E-state index contributed by atoms with van der Waals surface area (Å²) in [5.74, 6) is 1.09. The maximum absolute atomic E-state index is 6.88. The highest BCUT2D eigenvalue weighted by molar-refractivity contribution is 7.26. The van der Waals surface area contributed by atoms with Gasteiger partial charge < -0.3 is 4.74 Å². The lowest BCUT2D eigenvalue weighted by molar-refractivity contribution is 0.222. The summed E-state index contributed by atoms with van der Waals surface area (Å²) in [6, 6.07) is 66.6. The number of rotatable bonds is 4. The van der Waals surface area contributed by atoms with Crippen LogP contribution in [0.25, 0.3) is 74.7 Å². The minimum atomic E-state index is -0.0734. The van der Waals surface area contributed by atoms with Gasteiger partial charge in [-0.15, -0.1) is 11.3 Å². The molecule has 1 nitrogen and oxygen atoms in total. The van der Waals surface area contributed by atoms with Gasteiger partial charge in [-0.25, -0.2) is 0 Å². The highest BCUT2D eigenvalue weighted by Gasteiger charge is 2.37. The molecule has 0 fully saturated rings. The van der Waals surface area contributed by atoms with Gasteiger partial charge in [-0.3, -0.25) is 0 Å². The van der Waals surface area contributed by atoms with Crippen LogP contribution >= 0.6 is 11.3 Å². The third-order valence-corrected chi connectivity index (χ3v) is 12.2. The van der Waals surface area contributed by atoms with Crippen molar-refractivity contribution < 1.29 is 4.74 Å². The van der Waals surface area contributed by atoms with Crippen molar-refractivity contribution in [3.63, 3.8) is 0 Å². The molecule has 2 unspecified atom stereocenters. The lowest BCUT2D eigenvalue weighted by atomic mass is 9.84. The zero-order valence-corrected chi connectivity index (χ0v) is 29.1. The second kappa shape index (κ2) is 11.7. The highest BCUT2D eigenvalue weighted by atomic mass is 32.1. The molecular formula is C50H32OS. The van der Waals surface area contributed by atoms with Gasteiger partial charge in [0.15, 0.2) is 0 Å². The molecule has 1 aliphatic heterocycles. The Bertz CT molecular complexity index is 2940. The summed E-state index contributed by atoms with van der Waals surface area (Å²) >= 11 is 1.88. The summed E-state index contributed by atoms with van der Waals surface area (Å²) < 4.78 is 9.45. The van der Waals surface area contributed by atoms with E-state index in [1.165, 1.54) is 91.4 Å². The Hall–Kier alpha value is -6.22. The third-order valence-electron chi connectivity index (χ3n) is 11.0. The minimum absolute atomic E-state index is 0.0734. The number of ether oxygens (including phenoxy) is 1. The van der Waals surface area contributed by atoms with E-state index in [1.807, 2.05) is 11.3 Å². The van der Waals surface area contributed by atoms with Crippen molar-refractivity contribution in [3.8, 4) is 28.0 Å². The maximum Gasteiger partial charge on any atom is 0.135 e. The molecule has 0 saturated heterocycles. The summed E-state index contributed by atoms with van der Waals surface area (Å²) in [6.45, 7) is 0. The Morgan fingerprint density at radius 2 is 1.02 bits per heavy atom. The van der Waals surface area contributed by atoms with Crippen molar-refractivity contribution >= 4 is 63.8 Å². The standard InChI is InChI=1S/C50H32OS/c1-3-15-32(16-4-1)47-43-29-42-40-24-13-25-41(50(40)52-45(42)30-44(43)51-49(47)33-17-5-2-6-18-33)48-38-22-11-9-20-36(38)46(37-21-10-12-23-39(37)48)35-27-26-31-14-7-8-19-34(31)28-35/h1-30,47,49H. The van der Waals surface area contributed by atoms with Gasteiger partial charge in [0.05, 0.1) is 5.92 Å². The molecule has 2 heteroatoms. The monoisotopic (exact) mass is 680 g/mol. The van der Waals surface area contributed by atoms with Crippen LogP contribution in [0, 0.1) is 0 Å². The maximum atomic E-state index is 6.88. The number of hydrogen-bond donors (Lipinski definition) is 0.